The largest absolute Gasteiger partial charge is 0.358 e. The van der Waals surface area contributed by atoms with Gasteiger partial charge in [-0.15, -0.1) is 0 Å². The summed E-state index contributed by atoms with van der Waals surface area (Å²) in [6, 6.07) is 10.1. The van der Waals surface area contributed by atoms with Gasteiger partial charge in [-0.05, 0) is 18.4 Å². The van der Waals surface area contributed by atoms with Gasteiger partial charge in [0.2, 0.25) is 5.91 Å². The molecule has 3 nitrogen and oxygen atoms in total. The van der Waals surface area contributed by atoms with Crippen molar-refractivity contribution in [1.82, 2.24) is 5.32 Å². The fourth-order valence-corrected chi connectivity index (χ4v) is 2.85. The molecule has 1 saturated carbocycles. The molecule has 0 saturated heterocycles. The Morgan fingerprint density at radius 3 is 2.71 bits per heavy atom. The zero-order valence-corrected chi connectivity index (χ0v) is 10.3. The number of carbonyl (C=O) groups excluding carboxylic acids is 1. The second-order valence-corrected chi connectivity index (χ2v) is 4.83. The van der Waals surface area contributed by atoms with Crippen molar-refractivity contribution in [1.29, 1.82) is 0 Å². The Balaban J connectivity index is 2.33. The third kappa shape index (κ3) is 2.20. The van der Waals surface area contributed by atoms with Crippen molar-refractivity contribution in [2.24, 2.45) is 5.73 Å². The van der Waals surface area contributed by atoms with Crippen LogP contribution in [0.1, 0.15) is 37.2 Å². The van der Waals surface area contributed by atoms with Gasteiger partial charge < -0.3 is 11.1 Å². The van der Waals surface area contributed by atoms with E-state index in [2.05, 4.69) is 17.4 Å². The summed E-state index contributed by atoms with van der Waals surface area (Å²) in [7, 11) is 1.66. The van der Waals surface area contributed by atoms with Gasteiger partial charge in [-0.25, -0.2) is 0 Å². The molecule has 1 aromatic carbocycles. The molecule has 0 spiro atoms. The molecule has 0 aliphatic heterocycles. The number of nitrogens with one attached hydrogen (secondary N) is 1. The average Bonchev–Trinajstić information content (AvgIpc) is 2.39. The van der Waals surface area contributed by atoms with Crippen LogP contribution in [0.5, 0.6) is 0 Å². The summed E-state index contributed by atoms with van der Waals surface area (Å²) in [5.41, 5.74) is 6.81. The number of hydrogen-bond donors (Lipinski definition) is 2. The molecule has 1 amide bonds. The highest BCUT2D eigenvalue weighted by atomic mass is 16.2. The van der Waals surface area contributed by atoms with Crippen LogP contribution in [0.25, 0.3) is 0 Å². The summed E-state index contributed by atoms with van der Waals surface area (Å²) in [6.45, 7) is 0. The zero-order chi connectivity index (χ0) is 12.3. The van der Waals surface area contributed by atoms with Gasteiger partial charge in [0.1, 0.15) is 5.54 Å². The monoisotopic (exact) mass is 232 g/mol. The second kappa shape index (κ2) is 4.88. The predicted octanol–water partition coefficient (Wildman–Crippen LogP) is 1.79. The van der Waals surface area contributed by atoms with Crippen molar-refractivity contribution < 1.29 is 4.79 Å². The van der Waals surface area contributed by atoms with Gasteiger partial charge >= 0.3 is 0 Å². The van der Waals surface area contributed by atoms with E-state index in [1.807, 2.05) is 18.2 Å². The summed E-state index contributed by atoms with van der Waals surface area (Å²) in [5, 5.41) is 2.71. The summed E-state index contributed by atoms with van der Waals surface area (Å²) >= 11 is 0. The lowest BCUT2D eigenvalue weighted by atomic mass is 9.69. The van der Waals surface area contributed by atoms with Gasteiger partial charge in [0.05, 0.1) is 0 Å². The normalized spacial score (nSPS) is 28.7. The van der Waals surface area contributed by atoms with E-state index in [9.17, 15) is 4.79 Å². The van der Waals surface area contributed by atoms with Crippen LogP contribution in [0.2, 0.25) is 0 Å². The molecule has 1 aromatic rings. The number of amides is 1. The lowest BCUT2D eigenvalue weighted by Gasteiger charge is -2.39. The van der Waals surface area contributed by atoms with E-state index in [1.165, 1.54) is 5.56 Å². The lowest BCUT2D eigenvalue weighted by Crippen LogP contribution is -2.58. The van der Waals surface area contributed by atoms with Crippen LogP contribution in [-0.4, -0.2) is 18.5 Å². The van der Waals surface area contributed by atoms with Gasteiger partial charge in [0.15, 0.2) is 0 Å². The molecule has 2 atom stereocenters. The average molecular weight is 232 g/mol. The minimum atomic E-state index is -0.742. The second-order valence-electron chi connectivity index (χ2n) is 4.83. The van der Waals surface area contributed by atoms with Crippen molar-refractivity contribution in [3.05, 3.63) is 35.9 Å². The molecular weight excluding hydrogens is 212 g/mol. The van der Waals surface area contributed by atoms with Crippen LogP contribution in [0.15, 0.2) is 30.3 Å². The Labute approximate surface area is 102 Å². The Hall–Kier alpha value is -1.35. The van der Waals surface area contributed by atoms with Crippen LogP contribution in [-0.2, 0) is 4.79 Å². The van der Waals surface area contributed by atoms with E-state index in [0.29, 0.717) is 0 Å². The predicted molar refractivity (Wildman–Crippen MR) is 68.6 cm³/mol. The molecule has 0 bridgehead atoms. The van der Waals surface area contributed by atoms with Crippen molar-refractivity contribution in [3.8, 4) is 0 Å². The van der Waals surface area contributed by atoms with E-state index in [-0.39, 0.29) is 11.8 Å². The van der Waals surface area contributed by atoms with Crippen molar-refractivity contribution in [2.75, 3.05) is 7.05 Å². The molecule has 2 rings (SSSR count). The van der Waals surface area contributed by atoms with Gasteiger partial charge in [0, 0.05) is 13.0 Å². The Kier molecular flexibility index (Phi) is 3.48. The summed E-state index contributed by atoms with van der Waals surface area (Å²) < 4.78 is 0. The quantitative estimate of drug-likeness (QED) is 0.816. The van der Waals surface area contributed by atoms with Crippen LogP contribution >= 0.6 is 0 Å². The van der Waals surface area contributed by atoms with Crippen LogP contribution in [0.4, 0.5) is 0 Å². The Morgan fingerprint density at radius 2 is 2.06 bits per heavy atom. The fraction of sp³-hybridized carbons (Fsp3) is 0.500. The minimum Gasteiger partial charge on any atom is -0.358 e. The molecule has 0 heterocycles. The topological polar surface area (TPSA) is 55.1 Å². The molecule has 17 heavy (non-hydrogen) atoms. The van der Waals surface area contributed by atoms with Gasteiger partial charge in [-0.2, -0.15) is 0 Å². The first-order chi connectivity index (χ1) is 8.18. The molecular formula is C14H20N2O. The standard InChI is InChI=1S/C14H20N2O/c1-16-13(17)14(15)10-6-5-9-12(14)11-7-3-2-4-8-11/h2-4,7-8,12H,5-6,9-10,15H2,1H3,(H,16,17)/t12-,14+/m1/s1. The number of carbonyl (C=O) groups is 1. The van der Waals surface area contributed by atoms with Crippen molar-refractivity contribution >= 4 is 5.91 Å². The first-order valence-corrected chi connectivity index (χ1v) is 6.24. The highest BCUT2D eigenvalue weighted by molar-refractivity contribution is 5.87. The van der Waals surface area contributed by atoms with Gasteiger partial charge in [-0.3, -0.25) is 4.79 Å². The maximum Gasteiger partial charge on any atom is 0.240 e. The number of likely N-dealkylation sites (N-methyl/N-ethyl adjacent to an activating group) is 1. The number of hydrogen-bond acceptors (Lipinski definition) is 2. The van der Waals surface area contributed by atoms with Gasteiger partial charge in [-0.1, -0.05) is 43.2 Å². The highest BCUT2D eigenvalue weighted by Gasteiger charge is 2.43. The Bertz CT molecular complexity index is 390. The summed E-state index contributed by atoms with van der Waals surface area (Å²) in [5.74, 6) is 0.100. The maximum atomic E-state index is 12.0. The van der Waals surface area contributed by atoms with Crippen LogP contribution in [0, 0.1) is 0 Å². The maximum absolute atomic E-state index is 12.0. The molecule has 0 radical (unpaired) electrons. The van der Waals surface area contributed by atoms with E-state index < -0.39 is 5.54 Å². The third-order valence-corrected chi connectivity index (χ3v) is 3.81. The van der Waals surface area contributed by atoms with E-state index in [0.717, 1.165) is 25.7 Å². The summed E-state index contributed by atoms with van der Waals surface area (Å²) in [4.78, 5) is 12.0. The molecule has 3 heteroatoms. The first-order valence-electron chi connectivity index (χ1n) is 6.24. The molecule has 0 aromatic heterocycles. The van der Waals surface area contributed by atoms with Gasteiger partial charge in [0.25, 0.3) is 0 Å². The minimum absolute atomic E-state index is 0.0361. The number of rotatable bonds is 2. The molecule has 1 aliphatic rings. The number of benzene rings is 1. The van der Waals surface area contributed by atoms with Crippen molar-refractivity contribution in [3.63, 3.8) is 0 Å². The lowest BCUT2D eigenvalue weighted by molar-refractivity contribution is -0.127. The molecule has 1 aliphatic carbocycles. The fourth-order valence-electron chi connectivity index (χ4n) is 2.85. The van der Waals surface area contributed by atoms with E-state index >= 15 is 0 Å². The van der Waals surface area contributed by atoms with Crippen molar-refractivity contribution in [2.45, 2.75) is 37.1 Å². The molecule has 1 fully saturated rings. The molecule has 0 unspecified atom stereocenters. The SMILES string of the molecule is CNC(=O)[C@]1(N)CCCC[C@@H]1c1ccccc1. The van der Waals surface area contributed by atoms with Crippen LogP contribution < -0.4 is 11.1 Å². The van der Waals surface area contributed by atoms with E-state index in [4.69, 9.17) is 5.73 Å². The third-order valence-electron chi connectivity index (χ3n) is 3.81. The molecule has 92 valence electrons. The summed E-state index contributed by atoms with van der Waals surface area (Å²) in [6.07, 6.45) is 3.95. The van der Waals surface area contributed by atoms with Crippen LogP contribution in [0.3, 0.4) is 0 Å². The smallest absolute Gasteiger partial charge is 0.240 e. The number of nitrogens with two attached hydrogens (primary N) is 1. The Morgan fingerprint density at radius 1 is 1.35 bits per heavy atom. The van der Waals surface area contributed by atoms with E-state index in [1.54, 1.807) is 7.05 Å². The highest BCUT2D eigenvalue weighted by Crippen LogP contribution is 2.39. The zero-order valence-electron chi connectivity index (χ0n) is 10.3. The molecule has 3 N–H and O–H groups in total. The first kappa shape index (κ1) is 12.1.